The molecule has 1 aromatic heterocycles. The number of nitrogens with one attached hydrogen (secondary N) is 1. The Morgan fingerprint density at radius 2 is 1.80 bits per heavy atom. The molecule has 1 saturated heterocycles. The van der Waals surface area contributed by atoms with Gasteiger partial charge in [0.15, 0.2) is 5.82 Å². The van der Waals surface area contributed by atoms with Gasteiger partial charge in [0.05, 0.1) is 21.0 Å². The molecule has 35 heavy (non-hydrogen) atoms. The van der Waals surface area contributed by atoms with E-state index in [9.17, 15) is 8.42 Å². The largest absolute Gasteiger partial charge is 0.424 e. The van der Waals surface area contributed by atoms with Gasteiger partial charge in [-0.05, 0) is 51.2 Å². The molecule has 1 fully saturated rings. The summed E-state index contributed by atoms with van der Waals surface area (Å²) in [6.45, 7) is 8.03. The van der Waals surface area contributed by atoms with Gasteiger partial charge in [0.2, 0.25) is 10.0 Å². The van der Waals surface area contributed by atoms with Crippen molar-refractivity contribution in [3.8, 4) is 11.8 Å². The lowest BCUT2D eigenvalue weighted by Crippen LogP contribution is -2.44. The average molecular weight is 539 g/mol. The molecule has 0 radical (unpaired) electrons. The summed E-state index contributed by atoms with van der Waals surface area (Å²) in [5.41, 5.74) is 1.08. The van der Waals surface area contributed by atoms with Crippen molar-refractivity contribution >= 4 is 38.9 Å². The molecule has 1 aliphatic heterocycles. The molecular formula is C23H28Cl2N6O3S. The number of anilines is 1. The van der Waals surface area contributed by atoms with Crippen molar-refractivity contribution in [3.63, 3.8) is 0 Å². The molecule has 2 aromatic carbocycles. The lowest BCUT2D eigenvalue weighted by molar-refractivity contribution is 0.312. The molecule has 0 aliphatic carbocycles. The molecule has 4 rings (SSSR count). The van der Waals surface area contributed by atoms with Gasteiger partial charge in [0.1, 0.15) is 5.75 Å². The summed E-state index contributed by atoms with van der Waals surface area (Å²) >= 11 is 11.9. The van der Waals surface area contributed by atoms with Crippen LogP contribution in [-0.4, -0.2) is 61.3 Å². The Morgan fingerprint density at radius 1 is 1.06 bits per heavy atom. The maximum atomic E-state index is 12.9. The molecule has 12 heteroatoms. The molecule has 0 saturated carbocycles. The predicted molar refractivity (Wildman–Crippen MR) is 137 cm³/mol. The Labute approximate surface area is 215 Å². The fraction of sp³-hybridized carbons (Fsp3) is 0.391. The third-order valence-electron chi connectivity index (χ3n) is 5.88. The van der Waals surface area contributed by atoms with Crippen molar-refractivity contribution < 1.29 is 13.2 Å². The van der Waals surface area contributed by atoms with E-state index in [1.54, 1.807) is 11.5 Å². The van der Waals surface area contributed by atoms with Gasteiger partial charge in [0, 0.05) is 44.5 Å². The number of piperazine rings is 1. The minimum absolute atomic E-state index is 0.0125. The van der Waals surface area contributed by atoms with Gasteiger partial charge < -0.3 is 14.5 Å². The highest BCUT2D eigenvalue weighted by molar-refractivity contribution is 7.89. The van der Waals surface area contributed by atoms with E-state index in [-0.39, 0.29) is 14.9 Å². The Morgan fingerprint density at radius 3 is 2.49 bits per heavy atom. The second-order valence-corrected chi connectivity index (χ2v) is 10.9. The van der Waals surface area contributed by atoms with Gasteiger partial charge in [-0.25, -0.2) is 13.1 Å². The molecule has 1 atom stereocenters. The summed E-state index contributed by atoms with van der Waals surface area (Å²) in [5.74, 6) is 1.07. The number of benzene rings is 2. The molecule has 3 aromatic rings. The fourth-order valence-corrected chi connectivity index (χ4v) is 5.49. The van der Waals surface area contributed by atoms with Crippen molar-refractivity contribution in [2.24, 2.45) is 0 Å². The molecule has 0 spiro atoms. The topological polar surface area (TPSA) is 92.6 Å². The van der Waals surface area contributed by atoms with E-state index < -0.39 is 16.1 Å². The number of aromatic nitrogens is 3. The molecule has 2 heterocycles. The minimum Gasteiger partial charge on any atom is -0.424 e. The quantitative estimate of drug-likeness (QED) is 0.459. The number of halogens is 2. The van der Waals surface area contributed by atoms with Crippen LogP contribution in [0, 0.1) is 0 Å². The van der Waals surface area contributed by atoms with Crippen molar-refractivity contribution in [3.05, 3.63) is 58.3 Å². The molecule has 1 aliphatic rings. The standard InChI is InChI=1S/C23H28Cl2N6O3S/c1-4-31-22(16(2)28-35(32,33)19-8-9-20(24)21(25)15-19)26-27-23(31)34-18-7-5-6-17(14-18)30-12-10-29(3)11-13-30/h5-9,14-16,28H,4,10-13H2,1-3H3/t16-/m1/s1. The van der Waals surface area contributed by atoms with Crippen LogP contribution in [-0.2, 0) is 16.6 Å². The Kier molecular flexibility index (Phi) is 7.87. The Balaban J connectivity index is 1.51. The highest BCUT2D eigenvalue weighted by atomic mass is 35.5. The van der Waals surface area contributed by atoms with Crippen LogP contribution in [0.15, 0.2) is 47.4 Å². The summed E-state index contributed by atoms with van der Waals surface area (Å²) < 4.78 is 36.2. The van der Waals surface area contributed by atoms with Crippen molar-refractivity contribution in [2.45, 2.75) is 31.3 Å². The molecule has 0 unspecified atom stereocenters. The van der Waals surface area contributed by atoms with Gasteiger partial charge in [0.25, 0.3) is 0 Å². The number of rotatable bonds is 8. The Hall–Kier alpha value is -2.37. The second kappa shape index (κ2) is 10.7. The number of nitrogens with zero attached hydrogens (tertiary/aromatic N) is 5. The molecule has 0 amide bonds. The number of sulfonamides is 1. The van der Waals surface area contributed by atoms with Crippen molar-refractivity contribution in [1.82, 2.24) is 24.4 Å². The van der Waals surface area contributed by atoms with E-state index in [1.807, 2.05) is 25.1 Å². The van der Waals surface area contributed by atoms with Gasteiger partial charge in [-0.15, -0.1) is 5.10 Å². The predicted octanol–water partition coefficient (Wildman–Crippen LogP) is 4.19. The molecular weight excluding hydrogens is 511 g/mol. The van der Waals surface area contributed by atoms with E-state index in [0.29, 0.717) is 24.1 Å². The lowest BCUT2D eigenvalue weighted by atomic mass is 10.2. The first-order valence-electron chi connectivity index (χ1n) is 11.3. The summed E-state index contributed by atoms with van der Waals surface area (Å²) in [7, 11) is -1.74. The van der Waals surface area contributed by atoms with Crippen LogP contribution < -0.4 is 14.4 Å². The first kappa shape index (κ1) is 25.7. The molecule has 0 bridgehead atoms. The van der Waals surface area contributed by atoms with E-state index >= 15 is 0 Å². The Bertz CT molecular complexity index is 1290. The fourth-order valence-electron chi connectivity index (χ4n) is 3.90. The van der Waals surface area contributed by atoms with E-state index in [0.717, 1.165) is 31.9 Å². The lowest BCUT2D eigenvalue weighted by Gasteiger charge is -2.34. The van der Waals surface area contributed by atoms with Gasteiger partial charge in [-0.3, -0.25) is 4.57 Å². The van der Waals surface area contributed by atoms with Crippen LogP contribution in [0.25, 0.3) is 0 Å². The van der Waals surface area contributed by atoms with E-state index in [1.165, 1.54) is 18.2 Å². The van der Waals surface area contributed by atoms with Crippen LogP contribution in [0.1, 0.15) is 25.7 Å². The first-order chi connectivity index (χ1) is 16.7. The third-order valence-corrected chi connectivity index (χ3v) is 8.15. The number of likely N-dealkylation sites (N-methyl/N-ethyl adjacent to an activating group) is 1. The van der Waals surface area contributed by atoms with E-state index in [2.05, 4.69) is 37.8 Å². The smallest absolute Gasteiger partial charge is 0.322 e. The highest BCUT2D eigenvalue weighted by Gasteiger charge is 2.25. The summed E-state index contributed by atoms with van der Waals surface area (Å²) in [5, 5.41) is 8.83. The second-order valence-electron chi connectivity index (χ2n) is 8.39. The minimum atomic E-state index is -3.87. The zero-order valence-electron chi connectivity index (χ0n) is 19.8. The zero-order chi connectivity index (χ0) is 25.2. The van der Waals surface area contributed by atoms with Crippen molar-refractivity contribution in [2.75, 3.05) is 38.1 Å². The van der Waals surface area contributed by atoms with Gasteiger partial charge in [-0.1, -0.05) is 34.4 Å². The SMILES string of the molecule is CCn1c(Oc2cccc(N3CCN(C)CC3)c2)nnc1[C@@H](C)NS(=O)(=O)c1ccc(Cl)c(Cl)c1. The molecule has 1 N–H and O–H groups in total. The van der Waals surface area contributed by atoms with E-state index in [4.69, 9.17) is 27.9 Å². The van der Waals surface area contributed by atoms with Crippen LogP contribution in [0.4, 0.5) is 5.69 Å². The zero-order valence-corrected chi connectivity index (χ0v) is 22.1. The third kappa shape index (κ3) is 5.90. The first-order valence-corrected chi connectivity index (χ1v) is 13.5. The van der Waals surface area contributed by atoms with Gasteiger partial charge in [-0.2, -0.15) is 0 Å². The summed E-state index contributed by atoms with van der Waals surface area (Å²) in [6.07, 6.45) is 0. The normalized spacial score (nSPS) is 15.9. The van der Waals surface area contributed by atoms with Crippen molar-refractivity contribution in [1.29, 1.82) is 0 Å². The summed E-state index contributed by atoms with van der Waals surface area (Å²) in [6, 6.07) is 11.6. The average Bonchev–Trinajstić information content (AvgIpc) is 3.23. The molecule has 9 nitrogen and oxygen atoms in total. The van der Waals surface area contributed by atoms with Crippen LogP contribution >= 0.6 is 23.2 Å². The monoisotopic (exact) mass is 538 g/mol. The number of hydrogen-bond acceptors (Lipinski definition) is 7. The number of hydrogen-bond donors (Lipinski definition) is 1. The van der Waals surface area contributed by atoms with Crippen LogP contribution in [0.5, 0.6) is 11.8 Å². The molecule has 188 valence electrons. The maximum absolute atomic E-state index is 12.9. The summed E-state index contributed by atoms with van der Waals surface area (Å²) in [4.78, 5) is 4.64. The number of ether oxygens (including phenoxy) is 1. The van der Waals surface area contributed by atoms with Gasteiger partial charge >= 0.3 is 6.01 Å². The van der Waals surface area contributed by atoms with Crippen LogP contribution in [0.2, 0.25) is 10.0 Å². The highest BCUT2D eigenvalue weighted by Crippen LogP contribution is 2.29. The maximum Gasteiger partial charge on any atom is 0.322 e. The van der Waals surface area contributed by atoms with Crippen LogP contribution in [0.3, 0.4) is 0 Å².